The summed E-state index contributed by atoms with van der Waals surface area (Å²) in [5, 5.41) is 10.2. The average Bonchev–Trinajstić information content (AvgIpc) is 3.24. The van der Waals surface area contributed by atoms with E-state index in [1.54, 1.807) is 31.2 Å². The third-order valence-electron chi connectivity index (χ3n) is 3.37. The number of hydrogen-bond donors (Lipinski definition) is 2. The third kappa shape index (κ3) is 4.24. The molecule has 2 amide bonds. The van der Waals surface area contributed by atoms with Crippen LogP contribution < -0.4 is 10.6 Å². The minimum atomic E-state index is -0.463. The van der Waals surface area contributed by atoms with Crippen LogP contribution in [0.4, 0.5) is 15.5 Å². The van der Waals surface area contributed by atoms with Gasteiger partial charge < -0.3 is 10.1 Å². The van der Waals surface area contributed by atoms with E-state index in [4.69, 9.17) is 16.3 Å². The van der Waals surface area contributed by atoms with E-state index < -0.39 is 12.0 Å². The number of amides is 2. The number of carbonyl (C=O) groups excluding carboxylic acids is 2. The van der Waals surface area contributed by atoms with Crippen molar-refractivity contribution in [2.24, 2.45) is 0 Å². The first kappa shape index (κ1) is 18.4. The van der Waals surface area contributed by atoms with Gasteiger partial charge in [0.05, 0.1) is 6.61 Å². The number of anilines is 2. The topological polar surface area (TPSA) is 67.4 Å². The lowest BCUT2D eigenvalue weighted by Crippen LogP contribution is -2.20. The van der Waals surface area contributed by atoms with Crippen molar-refractivity contribution in [2.75, 3.05) is 17.2 Å². The quantitative estimate of drug-likeness (QED) is 0.514. The highest BCUT2D eigenvalue weighted by atomic mass is 35.5. The molecule has 3 aromatic rings. The Morgan fingerprint density at radius 1 is 1.15 bits per heavy atom. The summed E-state index contributed by atoms with van der Waals surface area (Å²) in [5.74, 6) is -0.463. The van der Waals surface area contributed by atoms with Crippen molar-refractivity contribution in [1.29, 1.82) is 0 Å². The first-order chi connectivity index (χ1) is 12.6. The molecule has 1 aromatic carbocycles. The fourth-order valence-corrected chi connectivity index (χ4v) is 4.26. The Labute approximate surface area is 163 Å². The van der Waals surface area contributed by atoms with Crippen LogP contribution in [0.5, 0.6) is 0 Å². The Morgan fingerprint density at radius 3 is 2.69 bits per heavy atom. The van der Waals surface area contributed by atoms with Crippen molar-refractivity contribution in [3.05, 3.63) is 57.7 Å². The molecule has 0 atom stereocenters. The normalized spacial score (nSPS) is 10.4. The number of carbonyl (C=O) groups is 2. The highest BCUT2D eigenvalue weighted by Gasteiger charge is 2.23. The molecular weight excluding hydrogens is 392 g/mol. The van der Waals surface area contributed by atoms with Gasteiger partial charge in [0.25, 0.3) is 0 Å². The fourth-order valence-electron chi connectivity index (χ4n) is 2.30. The van der Waals surface area contributed by atoms with E-state index in [-0.39, 0.29) is 6.61 Å². The smallest absolute Gasteiger partial charge is 0.341 e. The van der Waals surface area contributed by atoms with Crippen LogP contribution in [0.25, 0.3) is 10.4 Å². The summed E-state index contributed by atoms with van der Waals surface area (Å²) in [7, 11) is 0. The number of urea groups is 1. The summed E-state index contributed by atoms with van der Waals surface area (Å²) in [6.07, 6.45) is 0. The maximum absolute atomic E-state index is 12.4. The van der Waals surface area contributed by atoms with Crippen LogP contribution >= 0.6 is 34.3 Å². The van der Waals surface area contributed by atoms with E-state index >= 15 is 0 Å². The second-order valence-corrected chi connectivity index (χ2v) is 7.40. The molecule has 0 saturated carbocycles. The summed E-state index contributed by atoms with van der Waals surface area (Å²) in [6.45, 7) is 2.00. The first-order valence-electron chi connectivity index (χ1n) is 7.74. The highest BCUT2D eigenvalue weighted by Crippen LogP contribution is 2.38. The fraction of sp³-hybridized carbons (Fsp3) is 0.111. The minimum Gasteiger partial charge on any atom is -0.462 e. The minimum absolute atomic E-state index is 0.257. The molecule has 0 aliphatic carbocycles. The molecule has 0 bridgehead atoms. The average molecular weight is 407 g/mol. The first-order valence-corrected chi connectivity index (χ1v) is 9.88. The van der Waals surface area contributed by atoms with Gasteiger partial charge in [0, 0.05) is 26.5 Å². The van der Waals surface area contributed by atoms with Crippen LogP contribution in [0, 0.1) is 0 Å². The van der Waals surface area contributed by atoms with Crippen molar-refractivity contribution in [3.63, 3.8) is 0 Å². The molecule has 0 fully saturated rings. The predicted molar refractivity (Wildman–Crippen MR) is 108 cm³/mol. The number of benzene rings is 1. The van der Waals surface area contributed by atoms with Gasteiger partial charge in [0.1, 0.15) is 10.6 Å². The second kappa shape index (κ2) is 8.35. The van der Waals surface area contributed by atoms with Gasteiger partial charge in [-0.1, -0.05) is 23.7 Å². The molecule has 134 valence electrons. The van der Waals surface area contributed by atoms with Gasteiger partial charge in [0.2, 0.25) is 0 Å². The van der Waals surface area contributed by atoms with Gasteiger partial charge in [-0.3, -0.25) is 5.32 Å². The van der Waals surface area contributed by atoms with Crippen LogP contribution in [0.15, 0.2) is 47.2 Å². The SMILES string of the molecule is CCOC(=O)c1c(-c2cccs2)csc1NC(=O)Nc1cccc(Cl)c1. The maximum atomic E-state index is 12.4. The van der Waals surface area contributed by atoms with Crippen molar-refractivity contribution in [1.82, 2.24) is 0 Å². The molecule has 2 aromatic heterocycles. The maximum Gasteiger partial charge on any atom is 0.341 e. The van der Waals surface area contributed by atoms with E-state index in [9.17, 15) is 9.59 Å². The van der Waals surface area contributed by atoms with Crippen LogP contribution in [0.1, 0.15) is 17.3 Å². The van der Waals surface area contributed by atoms with Gasteiger partial charge in [-0.05, 0) is 36.6 Å². The zero-order valence-electron chi connectivity index (χ0n) is 13.7. The van der Waals surface area contributed by atoms with Gasteiger partial charge >= 0.3 is 12.0 Å². The number of thiophene rings is 2. The number of hydrogen-bond acceptors (Lipinski definition) is 5. The summed E-state index contributed by atoms with van der Waals surface area (Å²) < 4.78 is 5.16. The Balaban J connectivity index is 1.85. The Morgan fingerprint density at radius 2 is 2.00 bits per heavy atom. The zero-order chi connectivity index (χ0) is 18.5. The van der Waals surface area contributed by atoms with Crippen molar-refractivity contribution in [3.8, 4) is 10.4 Å². The second-order valence-electron chi connectivity index (χ2n) is 5.14. The van der Waals surface area contributed by atoms with E-state index in [0.29, 0.717) is 21.3 Å². The number of esters is 1. The number of nitrogens with one attached hydrogen (secondary N) is 2. The summed E-state index contributed by atoms with van der Waals surface area (Å²) in [4.78, 5) is 25.7. The Bertz CT molecular complexity index is 922. The molecule has 26 heavy (non-hydrogen) atoms. The summed E-state index contributed by atoms with van der Waals surface area (Å²) in [6, 6.07) is 10.2. The number of rotatable bonds is 5. The van der Waals surface area contributed by atoms with Crippen molar-refractivity contribution < 1.29 is 14.3 Å². The van der Waals surface area contributed by atoms with E-state index in [1.165, 1.54) is 22.7 Å². The lowest BCUT2D eigenvalue weighted by atomic mass is 10.1. The Kier molecular flexibility index (Phi) is 5.92. The molecule has 0 unspecified atom stereocenters. The predicted octanol–water partition coefficient (Wildman–Crippen LogP) is 5.95. The molecule has 2 N–H and O–H groups in total. The van der Waals surface area contributed by atoms with Gasteiger partial charge in [0.15, 0.2) is 0 Å². The van der Waals surface area contributed by atoms with Crippen molar-refractivity contribution >= 4 is 57.0 Å². The molecule has 2 heterocycles. The molecule has 0 aliphatic heterocycles. The molecular formula is C18H15ClN2O3S2. The van der Waals surface area contributed by atoms with Crippen LogP contribution in [-0.2, 0) is 4.74 Å². The van der Waals surface area contributed by atoms with E-state index in [1.807, 2.05) is 22.9 Å². The molecule has 0 radical (unpaired) electrons. The highest BCUT2D eigenvalue weighted by molar-refractivity contribution is 7.17. The molecule has 8 heteroatoms. The van der Waals surface area contributed by atoms with Gasteiger partial charge in [-0.2, -0.15) is 0 Å². The van der Waals surface area contributed by atoms with Crippen LogP contribution in [0.2, 0.25) is 5.02 Å². The monoisotopic (exact) mass is 406 g/mol. The number of halogens is 1. The van der Waals surface area contributed by atoms with Crippen LogP contribution in [0.3, 0.4) is 0 Å². The third-order valence-corrected chi connectivity index (χ3v) is 5.40. The standard InChI is InChI=1S/C18H15ClN2O3S2/c1-2-24-17(22)15-13(14-7-4-8-25-14)10-26-16(15)21-18(23)20-12-6-3-5-11(19)9-12/h3-10H,2H2,1H3,(H2,20,21,23). The van der Waals surface area contributed by atoms with E-state index in [0.717, 1.165) is 10.4 Å². The largest absolute Gasteiger partial charge is 0.462 e. The molecule has 0 saturated heterocycles. The van der Waals surface area contributed by atoms with Gasteiger partial charge in [-0.25, -0.2) is 9.59 Å². The van der Waals surface area contributed by atoms with Crippen molar-refractivity contribution in [2.45, 2.75) is 6.92 Å². The summed E-state index contributed by atoms with van der Waals surface area (Å²) in [5.41, 5.74) is 1.67. The summed E-state index contributed by atoms with van der Waals surface area (Å²) >= 11 is 8.72. The van der Waals surface area contributed by atoms with E-state index in [2.05, 4.69) is 10.6 Å². The lowest BCUT2D eigenvalue weighted by Gasteiger charge is -2.09. The van der Waals surface area contributed by atoms with Crippen LogP contribution in [-0.4, -0.2) is 18.6 Å². The number of ether oxygens (including phenoxy) is 1. The van der Waals surface area contributed by atoms with Gasteiger partial charge in [-0.15, -0.1) is 22.7 Å². The molecule has 0 aliphatic rings. The molecule has 3 rings (SSSR count). The Hall–Kier alpha value is -2.35. The molecule has 5 nitrogen and oxygen atoms in total. The zero-order valence-corrected chi connectivity index (χ0v) is 16.1. The lowest BCUT2D eigenvalue weighted by molar-refractivity contribution is 0.0529. The molecule has 0 spiro atoms.